The van der Waals surface area contributed by atoms with Crippen LogP contribution in [0.2, 0.25) is 0 Å². The van der Waals surface area contributed by atoms with Crippen LogP contribution in [-0.2, 0) is 0 Å². The van der Waals surface area contributed by atoms with E-state index in [1.165, 1.54) is 5.57 Å². The molecule has 6 heteroatoms. The number of allylic oxidation sites excluding steroid dienone is 12. The zero-order valence-electron chi connectivity index (χ0n) is 42.1. The summed E-state index contributed by atoms with van der Waals surface area (Å²) in [5.74, 6) is 6.81. The molecule has 0 N–H and O–H groups in total. The van der Waals surface area contributed by atoms with Crippen LogP contribution >= 0.6 is 0 Å². The zero-order valence-corrected chi connectivity index (χ0v) is 42.1. The molecule has 2 aromatic heterocycles. The van der Waals surface area contributed by atoms with Gasteiger partial charge >= 0.3 is 0 Å². The molecule has 2 atom stereocenters. The van der Waals surface area contributed by atoms with Gasteiger partial charge in [-0.3, -0.25) is 0 Å². The van der Waals surface area contributed by atoms with Crippen molar-refractivity contribution in [3.8, 4) is 80.1 Å². The smallest absolute Gasteiger partial charge is 0.164 e. The molecule has 6 nitrogen and oxygen atoms in total. The van der Waals surface area contributed by atoms with Gasteiger partial charge in [-0.05, 0) is 81.8 Å². The van der Waals surface area contributed by atoms with Crippen LogP contribution in [0.3, 0.4) is 0 Å². The van der Waals surface area contributed by atoms with Gasteiger partial charge in [-0.2, -0.15) is 0 Å². The Morgan fingerprint density at radius 2 is 1.07 bits per heavy atom. The Labute approximate surface area is 440 Å². The molecular weight excluding hydrogens is 913 g/mol. The van der Waals surface area contributed by atoms with E-state index in [9.17, 15) is 0 Å². The van der Waals surface area contributed by atoms with Crippen molar-refractivity contribution in [2.24, 2.45) is 5.92 Å². The minimum Gasteiger partial charge on any atom is -0.208 e. The first kappa shape index (κ1) is 47.9. The normalized spacial score (nSPS) is 15.5. The number of hydrogen-bond donors (Lipinski definition) is 0. The highest BCUT2D eigenvalue weighted by Gasteiger charge is 2.24. The van der Waals surface area contributed by atoms with Crippen LogP contribution in [0.1, 0.15) is 67.4 Å². The van der Waals surface area contributed by atoms with E-state index in [2.05, 4.69) is 213 Å². The first-order chi connectivity index (χ1) is 37.0. The van der Waals surface area contributed by atoms with Crippen LogP contribution in [0.15, 0.2) is 237 Å². The summed E-state index contributed by atoms with van der Waals surface area (Å²) < 4.78 is 0. The Bertz CT molecular complexity index is 3780. The maximum absolute atomic E-state index is 5.87. The molecule has 75 heavy (non-hydrogen) atoms. The Morgan fingerprint density at radius 3 is 1.68 bits per heavy atom. The number of hydrogen-bond acceptors (Lipinski definition) is 6. The molecule has 0 fully saturated rings. The SMILES string of the molecule is C#CC/C=C(\C(=C/C)c1nc(C2=CC(c3cccc(-c4nc(-c5ccccc5C5=CC=CC(C)C5)nc(-c5ccccc5-c5ccccc5)n4)c3)CC=C2)nc(-c2ccccc2-c2ccccc2)n1)c1ccccc1. The molecule has 11 rings (SSSR count). The summed E-state index contributed by atoms with van der Waals surface area (Å²) in [4.78, 5) is 31.9. The van der Waals surface area contributed by atoms with Crippen molar-refractivity contribution in [1.82, 2.24) is 29.9 Å². The molecule has 0 saturated heterocycles. The molecule has 0 bridgehead atoms. The van der Waals surface area contributed by atoms with Crippen molar-refractivity contribution < 1.29 is 0 Å². The second-order valence-corrected chi connectivity index (χ2v) is 18.8. The molecule has 0 saturated carbocycles. The molecule has 2 unspecified atom stereocenters. The lowest BCUT2D eigenvalue weighted by molar-refractivity contribution is 0.749. The average molecular weight is 967 g/mol. The van der Waals surface area contributed by atoms with Crippen LogP contribution in [-0.4, -0.2) is 29.9 Å². The number of aromatic nitrogens is 6. The maximum Gasteiger partial charge on any atom is 0.164 e. The first-order valence-electron chi connectivity index (χ1n) is 25.7. The molecule has 2 aliphatic rings. The van der Waals surface area contributed by atoms with Crippen LogP contribution < -0.4 is 0 Å². The van der Waals surface area contributed by atoms with Crippen LogP contribution in [0, 0.1) is 18.3 Å². The third-order valence-electron chi connectivity index (χ3n) is 13.8. The van der Waals surface area contributed by atoms with Gasteiger partial charge in [0, 0.05) is 45.7 Å². The fourth-order valence-corrected chi connectivity index (χ4v) is 10.1. The molecule has 7 aromatic carbocycles. The van der Waals surface area contributed by atoms with Gasteiger partial charge in [0.05, 0.1) is 0 Å². The maximum atomic E-state index is 5.87. The number of benzene rings is 7. The lowest BCUT2D eigenvalue weighted by Crippen LogP contribution is -2.08. The minimum atomic E-state index is -0.00425. The predicted octanol–water partition coefficient (Wildman–Crippen LogP) is 16.7. The van der Waals surface area contributed by atoms with Crippen molar-refractivity contribution in [2.45, 2.75) is 39.0 Å². The van der Waals surface area contributed by atoms with E-state index in [1.54, 1.807) is 0 Å². The standard InChI is InChI=1S/C69H54N6/c1-4-6-37-57(48-26-10-7-11-27-48)56(5-2)66-70-64(71-67(74-66)61-41-19-16-38-58(61)49-28-12-8-13-29-49)54-35-23-32-51(45-54)52-33-24-36-55(46-52)65-72-68(62-42-20-17-39-59(62)50-30-14-9-15-31-50)75-69(73-65)63-43-21-18-40-60(63)53-34-22-25-47(3)44-53/h1,5,7-31,33-43,45-47,51H,6,32,44H2,2-3H3/b56-5+,57-37-. The van der Waals surface area contributed by atoms with Crippen molar-refractivity contribution in [3.63, 3.8) is 0 Å². The number of rotatable bonds is 13. The lowest BCUT2D eigenvalue weighted by atomic mass is 9.88. The van der Waals surface area contributed by atoms with Gasteiger partial charge in [0.2, 0.25) is 0 Å². The molecule has 0 aliphatic heterocycles. The van der Waals surface area contributed by atoms with Gasteiger partial charge in [-0.25, -0.2) is 29.9 Å². The van der Waals surface area contributed by atoms with Gasteiger partial charge in [-0.1, -0.05) is 238 Å². The van der Waals surface area contributed by atoms with Crippen molar-refractivity contribution in [2.75, 3.05) is 0 Å². The Morgan fingerprint density at radius 1 is 0.547 bits per heavy atom. The highest BCUT2D eigenvalue weighted by Crippen LogP contribution is 2.40. The van der Waals surface area contributed by atoms with E-state index in [4.69, 9.17) is 36.3 Å². The second kappa shape index (κ2) is 22.1. The zero-order chi connectivity index (χ0) is 50.9. The highest BCUT2D eigenvalue weighted by atomic mass is 15.0. The molecule has 2 heterocycles. The summed E-state index contributed by atoms with van der Waals surface area (Å²) in [5.41, 5.74) is 15.3. The van der Waals surface area contributed by atoms with Crippen molar-refractivity contribution >= 4 is 22.3 Å². The van der Waals surface area contributed by atoms with Crippen molar-refractivity contribution in [3.05, 3.63) is 265 Å². The largest absolute Gasteiger partial charge is 0.208 e. The lowest BCUT2D eigenvalue weighted by Gasteiger charge is -2.20. The first-order valence-corrected chi connectivity index (χ1v) is 25.7. The van der Waals surface area contributed by atoms with Crippen LogP contribution in [0.25, 0.3) is 90.1 Å². The van der Waals surface area contributed by atoms with Crippen LogP contribution in [0.4, 0.5) is 0 Å². The van der Waals surface area contributed by atoms with Crippen LogP contribution in [0.5, 0.6) is 0 Å². The van der Waals surface area contributed by atoms with Gasteiger partial charge < -0.3 is 0 Å². The number of nitrogens with zero attached hydrogens (tertiary/aromatic N) is 6. The van der Waals surface area contributed by atoms with Gasteiger partial charge in [0.1, 0.15) is 0 Å². The van der Waals surface area contributed by atoms with E-state index in [0.29, 0.717) is 47.3 Å². The molecule has 0 spiro atoms. The van der Waals surface area contributed by atoms with E-state index in [-0.39, 0.29) is 5.92 Å². The van der Waals surface area contributed by atoms with Gasteiger partial charge in [0.25, 0.3) is 0 Å². The molecule has 360 valence electrons. The molecule has 9 aromatic rings. The quantitative estimate of drug-likeness (QED) is 0.0846. The highest BCUT2D eigenvalue weighted by molar-refractivity contribution is 6.03. The third-order valence-corrected chi connectivity index (χ3v) is 13.8. The fourth-order valence-electron chi connectivity index (χ4n) is 10.1. The Hall–Kier alpha value is -9.44. The summed E-state index contributed by atoms with van der Waals surface area (Å²) in [5, 5.41) is 0. The van der Waals surface area contributed by atoms with E-state index in [1.807, 2.05) is 43.3 Å². The van der Waals surface area contributed by atoms with Gasteiger partial charge in [-0.15, -0.1) is 12.3 Å². The summed E-state index contributed by atoms with van der Waals surface area (Å²) in [7, 11) is 0. The van der Waals surface area contributed by atoms with E-state index < -0.39 is 0 Å². The Kier molecular flexibility index (Phi) is 14.1. The molecular formula is C69H54N6. The average Bonchev–Trinajstić information content (AvgIpc) is 3.49. The minimum absolute atomic E-state index is 0.00425. The van der Waals surface area contributed by atoms with E-state index >= 15 is 0 Å². The molecule has 0 radical (unpaired) electrons. The molecule has 2 aliphatic carbocycles. The summed E-state index contributed by atoms with van der Waals surface area (Å²) in [6.45, 7) is 4.28. The summed E-state index contributed by atoms with van der Waals surface area (Å²) in [6, 6.07) is 64.9. The predicted molar refractivity (Wildman–Crippen MR) is 309 cm³/mol. The third kappa shape index (κ3) is 10.4. The van der Waals surface area contributed by atoms with Gasteiger partial charge in [0.15, 0.2) is 34.9 Å². The monoisotopic (exact) mass is 966 g/mol. The Balaban J connectivity index is 1.03. The van der Waals surface area contributed by atoms with E-state index in [0.717, 1.165) is 90.8 Å². The molecule has 0 amide bonds. The summed E-state index contributed by atoms with van der Waals surface area (Å²) >= 11 is 0. The summed E-state index contributed by atoms with van der Waals surface area (Å²) in [6.07, 6.45) is 25.5. The fraction of sp³-hybridized carbons (Fsp3) is 0.101. The topological polar surface area (TPSA) is 77.3 Å². The number of terminal acetylenes is 1. The van der Waals surface area contributed by atoms with Crippen molar-refractivity contribution in [1.29, 1.82) is 0 Å². The second-order valence-electron chi connectivity index (χ2n) is 18.8.